The number of nitrogens with one attached hydrogen (secondary N) is 1. The molecule has 0 saturated carbocycles. The van der Waals surface area contributed by atoms with Crippen LogP contribution in [0.25, 0.3) is 0 Å². The zero-order valence-corrected chi connectivity index (χ0v) is 20.3. The van der Waals surface area contributed by atoms with E-state index in [9.17, 15) is 14.4 Å². The van der Waals surface area contributed by atoms with E-state index < -0.39 is 17.9 Å². The topological polar surface area (TPSA) is 159 Å². The minimum Gasteiger partial charge on any atom is -0.454 e. The molecule has 1 fully saturated rings. The van der Waals surface area contributed by atoms with Crippen LogP contribution in [0, 0.1) is 0 Å². The Bertz CT molecular complexity index is 1100. The van der Waals surface area contributed by atoms with Crippen LogP contribution < -0.4 is 26.3 Å². The minimum absolute atomic E-state index is 0.0329. The van der Waals surface area contributed by atoms with Crippen LogP contribution in [0.15, 0.2) is 18.2 Å². The molecule has 1 aromatic carbocycles. The quantitative estimate of drug-likeness (QED) is 0.441. The Hall–Kier alpha value is -3.38. The lowest BCUT2D eigenvalue weighted by Crippen LogP contribution is -2.50. The van der Waals surface area contributed by atoms with Gasteiger partial charge in [0.1, 0.15) is 10.9 Å². The van der Waals surface area contributed by atoms with Gasteiger partial charge >= 0.3 is 0 Å². The van der Waals surface area contributed by atoms with Gasteiger partial charge in [-0.05, 0) is 48.5 Å². The van der Waals surface area contributed by atoms with Crippen molar-refractivity contribution in [2.45, 2.75) is 51.3 Å². The van der Waals surface area contributed by atoms with E-state index in [-0.39, 0.29) is 41.6 Å². The SMILES string of the molecule is CCC[C@@H](C(=O)NC[C@@H]1CCCO1)N(Cc1ccc2c(c1)OCO2)C(=O)c1snc(C(N)=O)c1N. The van der Waals surface area contributed by atoms with Crippen molar-refractivity contribution in [1.82, 2.24) is 14.6 Å². The van der Waals surface area contributed by atoms with Crippen LogP contribution in [0.1, 0.15) is 58.3 Å². The number of nitrogen functional groups attached to an aromatic ring is 1. The molecule has 1 aromatic heterocycles. The lowest BCUT2D eigenvalue weighted by molar-refractivity contribution is -0.126. The number of primary amides is 1. The lowest BCUT2D eigenvalue weighted by Gasteiger charge is -2.31. The maximum Gasteiger partial charge on any atom is 0.270 e. The highest BCUT2D eigenvalue weighted by Gasteiger charge is 2.34. The molecule has 2 aliphatic heterocycles. The van der Waals surface area contributed by atoms with Gasteiger partial charge in [0.15, 0.2) is 17.2 Å². The van der Waals surface area contributed by atoms with Crippen molar-refractivity contribution >= 4 is 34.9 Å². The van der Waals surface area contributed by atoms with Crippen molar-refractivity contribution in [2.75, 3.05) is 25.7 Å². The number of fused-ring (bicyclic) bond motifs is 1. The number of nitrogens with two attached hydrogens (primary N) is 2. The molecule has 3 amide bonds. The monoisotopic (exact) mass is 503 g/mol. The second-order valence-electron chi connectivity index (χ2n) is 8.44. The predicted molar refractivity (Wildman–Crippen MR) is 128 cm³/mol. The molecule has 0 spiro atoms. The van der Waals surface area contributed by atoms with E-state index in [4.69, 9.17) is 25.7 Å². The van der Waals surface area contributed by atoms with Gasteiger partial charge in [-0.1, -0.05) is 19.4 Å². The Morgan fingerprint density at radius 2 is 2.09 bits per heavy atom. The van der Waals surface area contributed by atoms with Gasteiger partial charge < -0.3 is 35.9 Å². The summed E-state index contributed by atoms with van der Waals surface area (Å²) in [7, 11) is 0. The van der Waals surface area contributed by atoms with Crippen LogP contribution in [0.5, 0.6) is 11.5 Å². The molecule has 12 heteroatoms. The highest BCUT2D eigenvalue weighted by molar-refractivity contribution is 7.09. The molecule has 2 aliphatic rings. The first-order chi connectivity index (χ1) is 16.9. The summed E-state index contributed by atoms with van der Waals surface area (Å²) in [6.07, 6.45) is 2.89. The molecular weight excluding hydrogens is 474 g/mol. The van der Waals surface area contributed by atoms with Crippen LogP contribution in [0.4, 0.5) is 5.69 Å². The highest BCUT2D eigenvalue weighted by atomic mass is 32.1. The zero-order valence-electron chi connectivity index (χ0n) is 19.5. The average molecular weight is 504 g/mol. The first-order valence-corrected chi connectivity index (χ1v) is 12.3. The molecule has 4 rings (SSSR count). The largest absolute Gasteiger partial charge is 0.454 e. The number of ether oxygens (including phenoxy) is 3. The fourth-order valence-corrected chi connectivity index (χ4v) is 4.92. The number of anilines is 1. The smallest absolute Gasteiger partial charge is 0.270 e. The normalized spacial score (nSPS) is 17.2. The number of nitrogens with zero attached hydrogens (tertiary/aromatic N) is 2. The third-order valence-corrected chi connectivity index (χ3v) is 6.83. The van der Waals surface area contributed by atoms with E-state index in [1.807, 2.05) is 13.0 Å². The van der Waals surface area contributed by atoms with Crippen LogP contribution in [0.3, 0.4) is 0 Å². The molecule has 188 valence electrons. The lowest BCUT2D eigenvalue weighted by atomic mass is 10.1. The highest BCUT2D eigenvalue weighted by Crippen LogP contribution is 2.34. The van der Waals surface area contributed by atoms with Crippen LogP contribution in [-0.2, 0) is 16.1 Å². The second-order valence-corrected chi connectivity index (χ2v) is 9.22. The van der Waals surface area contributed by atoms with Gasteiger partial charge in [-0.2, -0.15) is 4.37 Å². The first-order valence-electron chi connectivity index (χ1n) is 11.5. The average Bonchev–Trinajstić information content (AvgIpc) is 3.60. The molecule has 3 heterocycles. The molecule has 11 nitrogen and oxygen atoms in total. The summed E-state index contributed by atoms with van der Waals surface area (Å²) in [6.45, 7) is 3.23. The third-order valence-electron chi connectivity index (χ3n) is 5.98. The van der Waals surface area contributed by atoms with E-state index in [0.29, 0.717) is 37.5 Å². The summed E-state index contributed by atoms with van der Waals surface area (Å²) >= 11 is 0.789. The summed E-state index contributed by atoms with van der Waals surface area (Å²) in [5.74, 6) is -0.424. The fourth-order valence-electron chi connectivity index (χ4n) is 4.16. The molecule has 0 bridgehead atoms. The van der Waals surface area contributed by atoms with Gasteiger partial charge in [0.2, 0.25) is 12.7 Å². The molecule has 0 radical (unpaired) electrons. The van der Waals surface area contributed by atoms with Crippen LogP contribution >= 0.6 is 11.5 Å². The van der Waals surface area contributed by atoms with Crippen molar-refractivity contribution in [3.8, 4) is 11.5 Å². The van der Waals surface area contributed by atoms with E-state index in [1.165, 1.54) is 4.90 Å². The molecule has 0 unspecified atom stereocenters. The second kappa shape index (κ2) is 10.9. The summed E-state index contributed by atoms with van der Waals surface area (Å²) in [5.41, 5.74) is 11.9. The summed E-state index contributed by atoms with van der Waals surface area (Å²) in [5, 5.41) is 2.94. The van der Waals surface area contributed by atoms with E-state index in [1.54, 1.807) is 12.1 Å². The molecule has 5 N–H and O–H groups in total. The molecule has 35 heavy (non-hydrogen) atoms. The molecule has 1 saturated heterocycles. The fraction of sp³-hybridized carbons (Fsp3) is 0.478. The van der Waals surface area contributed by atoms with Crippen molar-refractivity contribution < 1.29 is 28.6 Å². The number of amides is 3. The number of carbonyl (C=O) groups is 3. The predicted octanol–water partition coefficient (Wildman–Crippen LogP) is 1.66. The van der Waals surface area contributed by atoms with Gasteiger partial charge in [-0.15, -0.1) is 0 Å². The van der Waals surface area contributed by atoms with E-state index in [0.717, 1.165) is 29.9 Å². The summed E-state index contributed by atoms with van der Waals surface area (Å²) in [4.78, 5) is 40.2. The third kappa shape index (κ3) is 5.49. The van der Waals surface area contributed by atoms with E-state index in [2.05, 4.69) is 9.69 Å². The van der Waals surface area contributed by atoms with Crippen molar-refractivity contribution in [3.05, 3.63) is 34.3 Å². The van der Waals surface area contributed by atoms with Gasteiger partial charge in [-0.3, -0.25) is 14.4 Å². The van der Waals surface area contributed by atoms with Crippen LogP contribution in [0.2, 0.25) is 0 Å². The molecular formula is C23H29N5O6S. The molecule has 0 aliphatic carbocycles. The van der Waals surface area contributed by atoms with Gasteiger partial charge in [-0.25, -0.2) is 0 Å². The number of rotatable bonds is 10. The number of carbonyl (C=O) groups excluding carboxylic acids is 3. The minimum atomic E-state index is -0.820. The van der Waals surface area contributed by atoms with Gasteiger partial charge in [0.05, 0.1) is 11.8 Å². The summed E-state index contributed by atoms with van der Waals surface area (Å²) < 4.78 is 20.4. The Morgan fingerprint density at radius 1 is 1.29 bits per heavy atom. The Balaban J connectivity index is 1.63. The molecule has 2 aromatic rings. The van der Waals surface area contributed by atoms with Crippen molar-refractivity contribution in [2.24, 2.45) is 5.73 Å². The van der Waals surface area contributed by atoms with Crippen molar-refractivity contribution in [3.63, 3.8) is 0 Å². The number of aromatic nitrogens is 1. The maximum atomic E-state index is 13.7. The number of benzene rings is 1. The van der Waals surface area contributed by atoms with E-state index >= 15 is 0 Å². The number of hydrogen-bond acceptors (Lipinski definition) is 9. The van der Waals surface area contributed by atoms with Gasteiger partial charge in [0.25, 0.3) is 11.8 Å². The zero-order chi connectivity index (χ0) is 24.9. The number of hydrogen-bond donors (Lipinski definition) is 3. The maximum absolute atomic E-state index is 13.7. The first kappa shape index (κ1) is 24.7. The van der Waals surface area contributed by atoms with Crippen molar-refractivity contribution in [1.29, 1.82) is 0 Å². The summed E-state index contributed by atoms with van der Waals surface area (Å²) in [6, 6.07) is 4.57. The molecule has 2 atom stereocenters. The Labute approximate surface area is 206 Å². The Kier molecular flexibility index (Phi) is 7.71. The standard InChI is InChI=1S/C23H29N5O6S/c1-2-4-15(22(30)26-10-14-5-3-8-32-14)28(11-13-6-7-16-17(9-13)34-12-33-16)23(31)20-18(24)19(21(25)29)27-35-20/h6-7,9,14-15H,2-5,8,10-12,24H2,1H3,(H2,25,29)(H,26,30)/t14-,15-/m0/s1. The van der Waals surface area contributed by atoms with Gasteiger partial charge in [0, 0.05) is 19.7 Å². The Morgan fingerprint density at radius 3 is 2.77 bits per heavy atom. The van der Waals surface area contributed by atoms with Crippen LogP contribution in [-0.4, -0.2) is 59.1 Å².